The molecule has 0 amide bonds. The van der Waals surface area contributed by atoms with Crippen LogP contribution in [0.15, 0.2) is 12.1 Å². The lowest BCUT2D eigenvalue weighted by atomic mass is 9.96. The van der Waals surface area contributed by atoms with Crippen molar-refractivity contribution in [2.24, 2.45) is 0 Å². The van der Waals surface area contributed by atoms with E-state index >= 15 is 0 Å². The lowest BCUT2D eigenvalue weighted by Gasteiger charge is -2.43. The van der Waals surface area contributed by atoms with E-state index in [1.807, 2.05) is 0 Å². The third kappa shape index (κ3) is 1.56. The van der Waals surface area contributed by atoms with Gasteiger partial charge in [-0.25, -0.2) is 0 Å². The summed E-state index contributed by atoms with van der Waals surface area (Å²) in [4.78, 5) is 2.57. The van der Waals surface area contributed by atoms with Crippen molar-refractivity contribution in [2.45, 2.75) is 32.2 Å². The average molecular weight is 237 g/mol. The molecule has 1 aromatic carbocycles. The summed E-state index contributed by atoms with van der Waals surface area (Å²) in [7, 11) is 0. The Balaban J connectivity index is 2.07. The molecule has 86 valence electrons. The Morgan fingerprint density at radius 3 is 3.12 bits per heavy atom. The molecule has 1 aromatic rings. The molecule has 2 aliphatic heterocycles. The van der Waals surface area contributed by atoms with Crippen molar-refractivity contribution in [1.82, 2.24) is 0 Å². The topological polar surface area (TPSA) is 15.3 Å². The van der Waals surface area contributed by atoms with Crippen molar-refractivity contribution in [1.29, 1.82) is 0 Å². The number of piperidine rings is 1. The number of halogens is 1. The molecular formula is C13H17ClN2. The van der Waals surface area contributed by atoms with Crippen molar-refractivity contribution >= 4 is 23.0 Å². The van der Waals surface area contributed by atoms with Gasteiger partial charge in [0.05, 0.1) is 11.4 Å². The van der Waals surface area contributed by atoms with Gasteiger partial charge in [-0.3, -0.25) is 0 Å². The monoisotopic (exact) mass is 236 g/mol. The molecule has 3 rings (SSSR count). The normalized spacial score (nSPS) is 23.4. The smallest absolute Gasteiger partial charge is 0.0635 e. The highest BCUT2D eigenvalue weighted by atomic mass is 35.5. The van der Waals surface area contributed by atoms with Crippen LogP contribution >= 0.6 is 11.6 Å². The Morgan fingerprint density at radius 1 is 1.38 bits per heavy atom. The van der Waals surface area contributed by atoms with Gasteiger partial charge < -0.3 is 10.2 Å². The minimum absolute atomic E-state index is 0.682. The molecule has 1 N–H and O–H groups in total. The second kappa shape index (κ2) is 3.85. The minimum atomic E-state index is 0.682. The van der Waals surface area contributed by atoms with E-state index in [1.54, 1.807) is 0 Å². The Bertz CT molecular complexity index is 417. The number of anilines is 2. The Hall–Kier alpha value is -0.890. The lowest BCUT2D eigenvalue weighted by molar-refractivity contribution is 0.465. The third-order valence-electron chi connectivity index (χ3n) is 3.71. The van der Waals surface area contributed by atoms with Crippen molar-refractivity contribution in [2.75, 3.05) is 23.3 Å². The van der Waals surface area contributed by atoms with E-state index in [0.717, 1.165) is 11.6 Å². The molecule has 3 heteroatoms. The number of rotatable bonds is 0. The lowest BCUT2D eigenvalue weighted by Crippen LogP contribution is -2.47. The molecule has 2 nitrogen and oxygen atoms in total. The van der Waals surface area contributed by atoms with Gasteiger partial charge in [-0.15, -0.1) is 0 Å². The van der Waals surface area contributed by atoms with Gasteiger partial charge in [0, 0.05) is 24.2 Å². The maximum atomic E-state index is 6.10. The van der Waals surface area contributed by atoms with Gasteiger partial charge in [0.15, 0.2) is 0 Å². The largest absolute Gasteiger partial charge is 0.381 e. The second-order valence-corrected chi connectivity index (χ2v) is 5.28. The first-order valence-electron chi connectivity index (χ1n) is 6.06. The Labute approximate surface area is 102 Å². The van der Waals surface area contributed by atoms with Crippen LogP contribution in [0.3, 0.4) is 0 Å². The molecule has 0 saturated carbocycles. The van der Waals surface area contributed by atoms with Crippen LogP contribution in [0.5, 0.6) is 0 Å². The highest BCUT2D eigenvalue weighted by molar-refractivity contribution is 6.31. The zero-order chi connectivity index (χ0) is 11.1. The fourth-order valence-electron chi connectivity index (χ4n) is 2.99. The molecule has 0 spiro atoms. The summed E-state index contributed by atoms with van der Waals surface area (Å²) in [6, 6.07) is 4.80. The van der Waals surface area contributed by atoms with Gasteiger partial charge in [0.25, 0.3) is 0 Å². The van der Waals surface area contributed by atoms with Crippen LogP contribution in [0.1, 0.15) is 24.8 Å². The van der Waals surface area contributed by atoms with Gasteiger partial charge in [0.2, 0.25) is 0 Å². The zero-order valence-electron chi connectivity index (χ0n) is 9.59. The number of nitrogens with zero attached hydrogens (tertiary/aromatic N) is 1. The van der Waals surface area contributed by atoms with Gasteiger partial charge in [-0.05, 0) is 43.9 Å². The number of hydrogen-bond donors (Lipinski definition) is 1. The van der Waals surface area contributed by atoms with E-state index in [1.165, 1.54) is 42.7 Å². The summed E-state index contributed by atoms with van der Waals surface area (Å²) in [6.07, 6.45) is 4.00. The fraction of sp³-hybridized carbons (Fsp3) is 0.538. The molecular weight excluding hydrogens is 220 g/mol. The standard InChI is InChI=1S/C13H17ClN2/c1-9-6-10(14)7-12-13(9)16-5-3-2-4-11(16)8-15-12/h6-7,11,15H,2-5,8H2,1H3. The third-order valence-corrected chi connectivity index (χ3v) is 3.93. The highest BCUT2D eigenvalue weighted by Gasteiger charge is 2.29. The van der Waals surface area contributed by atoms with Crippen LogP contribution < -0.4 is 10.2 Å². The van der Waals surface area contributed by atoms with Crippen LogP contribution in [0.4, 0.5) is 11.4 Å². The van der Waals surface area contributed by atoms with Crippen molar-refractivity contribution < 1.29 is 0 Å². The van der Waals surface area contributed by atoms with Gasteiger partial charge in [0.1, 0.15) is 0 Å². The van der Waals surface area contributed by atoms with Crippen LogP contribution in [0.25, 0.3) is 0 Å². The predicted octanol–water partition coefficient (Wildman–Crippen LogP) is 3.43. The number of nitrogens with one attached hydrogen (secondary N) is 1. The molecule has 2 heterocycles. The molecule has 0 aliphatic carbocycles. The molecule has 1 atom stereocenters. The highest BCUT2D eigenvalue weighted by Crippen LogP contribution is 2.39. The Kier molecular flexibility index (Phi) is 2.47. The molecule has 2 aliphatic rings. The second-order valence-electron chi connectivity index (χ2n) is 4.84. The van der Waals surface area contributed by atoms with Crippen LogP contribution in [-0.2, 0) is 0 Å². The quantitative estimate of drug-likeness (QED) is 0.743. The summed E-state index contributed by atoms with van der Waals surface area (Å²) >= 11 is 6.10. The number of aryl methyl sites for hydroxylation is 1. The average Bonchev–Trinajstić information content (AvgIpc) is 2.28. The van der Waals surface area contributed by atoms with Crippen molar-refractivity contribution in [3.05, 3.63) is 22.7 Å². The summed E-state index contributed by atoms with van der Waals surface area (Å²) in [6.45, 7) is 4.41. The summed E-state index contributed by atoms with van der Waals surface area (Å²) in [5.74, 6) is 0. The van der Waals surface area contributed by atoms with Gasteiger partial charge >= 0.3 is 0 Å². The first-order chi connectivity index (χ1) is 7.75. The molecule has 1 saturated heterocycles. The SMILES string of the molecule is Cc1cc(Cl)cc2c1N1CCCCC1CN2. The fourth-order valence-corrected chi connectivity index (χ4v) is 3.26. The maximum Gasteiger partial charge on any atom is 0.0635 e. The summed E-state index contributed by atoms with van der Waals surface area (Å²) < 4.78 is 0. The molecule has 0 aromatic heterocycles. The van der Waals surface area contributed by atoms with E-state index in [-0.39, 0.29) is 0 Å². The molecule has 16 heavy (non-hydrogen) atoms. The van der Waals surface area contributed by atoms with E-state index in [4.69, 9.17) is 11.6 Å². The van der Waals surface area contributed by atoms with Crippen LogP contribution in [0.2, 0.25) is 5.02 Å². The van der Waals surface area contributed by atoms with Crippen molar-refractivity contribution in [3.8, 4) is 0 Å². The molecule has 1 fully saturated rings. The van der Waals surface area contributed by atoms with Gasteiger partial charge in [-0.1, -0.05) is 11.6 Å². The maximum absolute atomic E-state index is 6.10. The number of hydrogen-bond acceptors (Lipinski definition) is 2. The number of benzene rings is 1. The van der Waals surface area contributed by atoms with E-state index < -0.39 is 0 Å². The van der Waals surface area contributed by atoms with Crippen molar-refractivity contribution in [3.63, 3.8) is 0 Å². The molecule has 0 radical (unpaired) electrons. The van der Waals surface area contributed by atoms with Crippen LogP contribution in [0, 0.1) is 6.92 Å². The predicted molar refractivity (Wildman–Crippen MR) is 69.7 cm³/mol. The van der Waals surface area contributed by atoms with E-state index in [2.05, 4.69) is 29.3 Å². The molecule has 0 bridgehead atoms. The first kappa shape index (κ1) is 10.3. The van der Waals surface area contributed by atoms with Gasteiger partial charge in [-0.2, -0.15) is 0 Å². The number of fused-ring (bicyclic) bond motifs is 3. The first-order valence-corrected chi connectivity index (χ1v) is 6.44. The Morgan fingerprint density at radius 2 is 2.25 bits per heavy atom. The summed E-state index contributed by atoms with van der Waals surface area (Å²) in [5, 5.41) is 4.35. The van der Waals surface area contributed by atoms with E-state index in [9.17, 15) is 0 Å². The van der Waals surface area contributed by atoms with E-state index in [0.29, 0.717) is 6.04 Å². The minimum Gasteiger partial charge on any atom is -0.381 e. The summed E-state index contributed by atoms with van der Waals surface area (Å²) in [5.41, 5.74) is 3.88. The van der Waals surface area contributed by atoms with Crippen LogP contribution in [-0.4, -0.2) is 19.1 Å². The zero-order valence-corrected chi connectivity index (χ0v) is 10.3. The molecule has 1 unspecified atom stereocenters.